The van der Waals surface area contributed by atoms with Crippen molar-refractivity contribution >= 4 is 36.6 Å². The molecule has 102 valence electrons. The van der Waals surface area contributed by atoms with Gasteiger partial charge in [-0.25, -0.2) is 4.21 Å². The number of hydrogen-bond donors (Lipinski definition) is 2. The van der Waals surface area contributed by atoms with Crippen molar-refractivity contribution < 1.29 is 21.7 Å². The van der Waals surface area contributed by atoms with Gasteiger partial charge in [0.1, 0.15) is 9.80 Å². The van der Waals surface area contributed by atoms with E-state index in [1.165, 1.54) is 6.07 Å². The molecule has 0 amide bonds. The predicted octanol–water partition coefficient (Wildman–Crippen LogP) is 1.94. The molecule has 2 N–H and O–H groups in total. The third-order valence-corrected chi connectivity index (χ3v) is 4.54. The fourth-order valence-corrected chi connectivity index (χ4v) is 3.27. The van der Waals surface area contributed by atoms with Crippen LogP contribution in [0.1, 0.15) is 5.56 Å². The van der Waals surface area contributed by atoms with E-state index in [2.05, 4.69) is 5.87 Å². The third-order valence-electron chi connectivity index (χ3n) is 2.69. The fraction of sp³-hybridized carbons (Fsp3) is 0.0833. The summed E-state index contributed by atoms with van der Waals surface area (Å²) in [5.41, 5.74) is 0.858. The molecule has 0 spiro atoms. The number of hydrogen-bond acceptors (Lipinski definition) is 3. The van der Waals surface area contributed by atoms with Crippen LogP contribution in [0.3, 0.4) is 0 Å². The van der Waals surface area contributed by atoms with Crippen molar-refractivity contribution in [3.63, 3.8) is 0 Å². The van der Waals surface area contributed by atoms with Gasteiger partial charge in [0.05, 0.1) is 9.79 Å². The number of fused-ring (bicyclic) bond motifs is 1. The van der Waals surface area contributed by atoms with E-state index in [0.717, 1.165) is 11.6 Å². The Labute approximate surface area is 111 Å². The van der Waals surface area contributed by atoms with Crippen molar-refractivity contribution in [1.29, 1.82) is 0 Å². The van der Waals surface area contributed by atoms with Crippen LogP contribution in [0.2, 0.25) is 0 Å². The Bertz CT molecular complexity index is 864. The summed E-state index contributed by atoms with van der Waals surface area (Å²) < 4.78 is 52.8. The number of benzene rings is 2. The molecule has 7 heteroatoms. The topological polar surface area (TPSA) is 91.7 Å². The average molecular weight is 300 g/mol. The summed E-state index contributed by atoms with van der Waals surface area (Å²) in [6.45, 7) is 1.81. The summed E-state index contributed by atoms with van der Waals surface area (Å²) in [7, 11) is -8.06. The second-order valence-electron chi connectivity index (χ2n) is 4.26. The van der Waals surface area contributed by atoms with E-state index in [0.29, 0.717) is 10.8 Å². The fourth-order valence-electron chi connectivity index (χ4n) is 1.82. The van der Waals surface area contributed by atoms with E-state index >= 15 is 0 Å². The first-order valence-corrected chi connectivity index (χ1v) is 8.33. The van der Waals surface area contributed by atoms with Crippen LogP contribution in [0.5, 0.6) is 0 Å². The molecule has 0 saturated carbocycles. The lowest BCUT2D eigenvalue weighted by molar-refractivity contribution is 0.483. The first-order chi connectivity index (χ1) is 8.59. The number of rotatable bonds is 2. The van der Waals surface area contributed by atoms with Crippen LogP contribution in [0.25, 0.3) is 10.8 Å². The van der Waals surface area contributed by atoms with E-state index in [4.69, 9.17) is 4.55 Å². The van der Waals surface area contributed by atoms with Crippen molar-refractivity contribution in [2.75, 3.05) is 0 Å². The third kappa shape index (κ3) is 2.79. The molecular formula is C12H12O5S2. The maximum atomic E-state index is 11.8. The summed E-state index contributed by atoms with van der Waals surface area (Å²) in [5.74, 6) is 3.15. The van der Waals surface area contributed by atoms with Gasteiger partial charge in [-0.1, -0.05) is 23.8 Å². The van der Waals surface area contributed by atoms with Gasteiger partial charge in [-0.3, -0.25) is 4.55 Å². The highest BCUT2D eigenvalue weighted by atomic mass is 32.2. The Hall–Kier alpha value is -1.41. The van der Waals surface area contributed by atoms with Gasteiger partial charge in [-0.2, -0.15) is 8.42 Å². The summed E-state index contributed by atoms with van der Waals surface area (Å²) in [4.78, 5) is -0.536. The second kappa shape index (κ2) is 4.31. The van der Waals surface area contributed by atoms with Gasteiger partial charge in [0.15, 0.2) is 0 Å². The minimum Gasteiger partial charge on any atom is -0.310 e. The highest BCUT2D eigenvalue weighted by Crippen LogP contribution is 2.28. The van der Waals surface area contributed by atoms with Crippen LogP contribution in [0, 0.1) is 6.92 Å². The van der Waals surface area contributed by atoms with Gasteiger partial charge in [0, 0.05) is 0 Å². The van der Waals surface area contributed by atoms with Crippen LogP contribution >= 0.6 is 0 Å². The highest BCUT2D eigenvalue weighted by Gasteiger charge is 2.17. The van der Waals surface area contributed by atoms with E-state index in [-0.39, 0.29) is 4.90 Å². The highest BCUT2D eigenvalue weighted by molar-refractivity contribution is 7.95. The maximum absolute atomic E-state index is 11.8. The summed E-state index contributed by atoms with van der Waals surface area (Å²) >= 11 is 0. The molecular weight excluding hydrogens is 288 g/mol. The Morgan fingerprint density at radius 1 is 1.05 bits per heavy atom. The largest absolute Gasteiger partial charge is 0.310 e. The molecule has 1 unspecified atom stereocenters. The Kier molecular flexibility index (Phi) is 3.18. The normalized spacial score (nSPS) is 15.3. The predicted molar refractivity (Wildman–Crippen MR) is 74.7 cm³/mol. The lowest BCUT2D eigenvalue weighted by atomic mass is 10.1. The molecule has 2 aromatic rings. The Morgan fingerprint density at radius 3 is 2.21 bits per heavy atom. The maximum Gasteiger partial charge on any atom is 0.294 e. The molecule has 1 atom stereocenters. The molecule has 2 aromatic carbocycles. The second-order valence-corrected chi connectivity index (χ2v) is 7.40. The molecule has 0 aromatic heterocycles. The zero-order valence-corrected chi connectivity index (χ0v) is 11.7. The molecule has 2 rings (SSSR count). The standard InChI is InChI=1S/C12H12O5S2/c1-8-3-4-9-6-10(19(15,16)17)7-12(11(9)5-8)18(2,13)14/h3-7H,2H2,1H3,(H,13,14)(H,15,16,17). The zero-order chi connectivity index (χ0) is 14.4. The quantitative estimate of drug-likeness (QED) is 0.653. The molecule has 0 fully saturated rings. The molecule has 0 saturated heterocycles. The molecule has 0 aliphatic rings. The summed E-state index contributed by atoms with van der Waals surface area (Å²) in [5, 5.41) is 0.885. The first kappa shape index (κ1) is 14.0. The zero-order valence-electron chi connectivity index (χ0n) is 10.0. The molecule has 5 nitrogen and oxygen atoms in total. The molecule has 0 aliphatic heterocycles. The van der Waals surface area contributed by atoms with E-state index < -0.39 is 24.8 Å². The van der Waals surface area contributed by atoms with Crippen LogP contribution < -0.4 is 0 Å². The van der Waals surface area contributed by atoms with Crippen molar-refractivity contribution in [3.8, 4) is 0 Å². The van der Waals surface area contributed by atoms with Gasteiger partial charge in [-0.15, -0.1) is 0 Å². The van der Waals surface area contributed by atoms with Crippen LogP contribution in [0.4, 0.5) is 0 Å². The van der Waals surface area contributed by atoms with E-state index in [1.54, 1.807) is 18.2 Å². The number of aryl methyl sites for hydroxylation is 1. The van der Waals surface area contributed by atoms with Gasteiger partial charge in [-0.05, 0) is 35.7 Å². The summed E-state index contributed by atoms with van der Waals surface area (Å²) in [6, 6.07) is 7.25. The molecule has 19 heavy (non-hydrogen) atoms. The minimum absolute atomic E-state index is 0.110. The van der Waals surface area contributed by atoms with Gasteiger partial charge in [0.25, 0.3) is 10.1 Å². The molecule has 0 aliphatic carbocycles. The smallest absolute Gasteiger partial charge is 0.294 e. The van der Waals surface area contributed by atoms with Crippen molar-refractivity contribution in [2.24, 2.45) is 0 Å². The lowest BCUT2D eigenvalue weighted by Crippen LogP contribution is -2.04. The summed E-state index contributed by atoms with van der Waals surface area (Å²) in [6.07, 6.45) is 0. The van der Waals surface area contributed by atoms with Crippen LogP contribution in [-0.2, 0) is 19.9 Å². The van der Waals surface area contributed by atoms with Gasteiger partial charge >= 0.3 is 0 Å². The first-order valence-electron chi connectivity index (χ1n) is 5.20. The van der Waals surface area contributed by atoms with Gasteiger partial charge < -0.3 is 4.55 Å². The molecule has 0 bridgehead atoms. The van der Waals surface area contributed by atoms with Crippen molar-refractivity contribution in [2.45, 2.75) is 16.7 Å². The Morgan fingerprint density at radius 2 is 1.68 bits per heavy atom. The minimum atomic E-state index is -4.45. The lowest BCUT2D eigenvalue weighted by Gasteiger charge is -2.10. The van der Waals surface area contributed by atoms with Crippen molar-refractivity contribution in [1.82, 2.24) is 0 Å². The Balaban J connectivity index is 3.01. The van der Waals surface area contributed by atoms with E-state index in [1.807, 2.05) is 6.92 Å². The van der Waals surface area contributed by atoms with Gasteiger partial charge in [0.2, 0.25) is 0 Å². The van der Waals surface area contributed by atoms with Crippen molar-refractivity contribution in [3.05, 3.63) is 35.9 Å². The average Bonchev–Trinajstić information content (AvgIpc) is 2.24. The van der Waals surface area contributed by atoms with Crippen LogP contribution in [-0.4, -0.2) is 27.6 Å². The van der Waals surface area contributed by atoms with Crippen LogP contribution in [0.15, 0.2) is 40.1 Å². The SMILES string of the molecule is C=S(=O)(O)c1cc(S(=O)(=O)O)cc2ccc(C)cc12. The molecule has 0 radical (unpaired) electrons. The van der Waals surface area contributed by atoms with E-state index in [9.17, 15) is 17.2 Å². The monoisotopic (exact) mass is 300 g/mol. The molecule has 0 heterocycles.